The van der Waals surface area contributed by atoms with E-state index in [2.05, 4.69) is 4.98 Å². The molecule has 0 atom stereocenters. The Balaban J connectivity index is 2.75. The van der Waals surface area contributed by atoms with Gasteiger partial charge in [-0.2, -0.15) is 0 Å². The first-order chi connectivity index (χ1) is 4.83. The van der Waals surface area contributed by atoms with Crippen LogP contribution in [0, 0.1) is 6.92 Å². The van der Waals surface area contributed by atoms with Gasteiger partial charge in [-0.1, -0.05) is 6.07 Å². The first-order valence-corrected chi connectivity index (χ1v) is 4.12. The predicted molar refractivity (Wildman–Crippen MR) is 43.1 cm³/mol. The number of aromatic nitrogens is 1. The SMILES string of the molecule is CSOc1cccc(C)n1. The van der Waals surface area contributed by atoms with Crippen molar-refractivity contribution in [1.29, 1.82) is 0 Å². The van der Waals surface area contributed by atoms with Crippen LogP contribution in [-0.2, 0) is 0 Å². The van der Waals surface area contributed by atoms with Gasteiger partial charge in [0.2, 0.25) is 5.88 Å². The maximum Gasteiger partial charge on any atom is 0.228 e. The predicted octanol–water partition coefficient (Wildman–Crippen LogP) is 2.05. The zero-order valence-electron chi connectivity index (χ0n) is 6.00. The van der Waals surface area contributed by atoms with Crippen molar-refractivity contribution in [3.05, 3.63) is 23.9 Å². The maximum absolute atomic E-state index is 5.09. The topological polar surface area (TPSA) is 22.1 Å². The first kappa shape index (κ1) is 7.41. The molecule has 3 heteroatoms. The fourth-order valence-electron chi connectivity index (χ4n) is 0.650. The maximum atomic E-state index is 5.09. The molecule has 0 spiro atoms. The Morgan fingerprint density at radius 3 is 2.90 bits per heavy atom. The lowest BCUT2D eigenvalue weighted by Crippen LogP contribution is -1.85. The Morgan fingerprint density at radius 1 is 1.50 bits per heavy atom. The average Bonchev–Trinajstić information content (AvgIpc) is 1.88. The van der Waals surface area contributed by atoms with Crippen LogP contribution in [0.15, 0.2) is 18.2 Å². The highest BCUT2D eigenvalue weighted by molar-refractivity contribution is 7.94. The van der Waals surface area contributed by atoms with Gasteiger partial charge in [0, 0.05) is 18.0 Å². The van der Waals surface area contributed by atoms with Crippen LogP contribution in [0.1, 0.15) is 5.69 Å². The molecule has 54 valence electrons. The van der Waals surface area contributed by atoms with Crippen LogP contribution >= 0.6 is 12.0 Å². The van der Waals surface area contributed by atoms with E-state index in [0.717, 1.165) is 5.69 Å². The number of nitrogens with zero attached hydrogens (tertiary/aromatic N) is 1. The molecule has 0 aliphatic carbocycles. The summed E-state index contributed by atoms with van der Waals surface area (Å²) in [6.07, 6.45) is 1.87. The van der Waals surface area contributed by atoms with Crippen LogP contribution < -0.4 is 4.18 Å². The molecule has 1 rings (SSSR count). The zero-order chi connectivity index (χ0) is 7.40. The molecule has 0 saturated carbocycles. The van der Waals surface area contributed by atoms with Gasteiger partial charge in [0.1, 0.15) is 0 Å². The number of hydrogen-bond acceptors (Lipinski definition) is 3. The van der Waals surface area contributed by atoms with Gasteiger partial charge in [-0.05, 0) is 13.0 Å². The van der Waals surface area contributed by atoms with E-state index in [1.54, 1.807) is 0 Å². The second kappa shape index (κ2) is 3.46. The van der Waals surface area contributed by atoms with Gasteiger partial charge >= 0.3 is 0 Å². The highest BCUT2D eigenvalue weighted by atomic mass is 32.2. The summed E-state index contributed by atoms with van der Waals surface area (Å²) < 4.78 is 5.09. The molecular weight excluding hydrogens is 146 g/mol. The molecule has 0 aliphatic rings. The summed E-state index contributed by atoms with van der Waals surface area (Å²) in [7, 11) is 0. The highest BCUT2D eigenvalue weighted by Crippen LogP contribution is 2.10. The second-order valence-corrected chi connectivity index (χ2v) is 2.37. The van der Waals surface area contributed by atoms with E-state index in [1.807, 2.05) is 31.4 Å². The summed E-state index contributed by atoms with van der Waals surface area (Å²) in [6.45, 7) is 1.94. The van der Waals surface area contributed by atoms with E-state index in [1.165, 1.54) is 12.0 Å². The fourth-order valence-corrected chi connectivity index (χ4v) is 0.913. The molecule has 2 nitrogen and oxygen atoms in total. The molecule has 10 heavy (non-hydrogen) atoms. The second-order valence-electron chi connectivity index (χ2n) is 1.87. The number of rotatable bonds is 2. The standard InChI is InChI=1S/C7H9NOS/c1-6-4-3-5-7(8-6)9-10-2/h3-5H,1-2H3. The van der Waals surface area contributed by atoms with Crippen molar-refractivity contribution in [2.45, 2.75) is 6.92 Å². The molecule has 0 N–H and O–H groups in total. The third-order valence-electron chi connectivity index (χ3n) is 1.03. The number of hydrogen-bond donors (Lipinski definition) is 0. The van der Waals surface area contributed by atoms with Crippen LogP contribution in [-0.4, -0.2) is 11.2 Å². The minimum atomic E-state index is 0.674. The summed E-state index contributed by atoms with van der Waals surface area (Å²) in [5.41, 5.74) is 0.978. The molecule has 0 aromatic carbocycles. The van der Waals surface area contributed by atoms with Crippen LogP contribution in [0.2, 0.25) is 0 Å². The molecule has 0 bridgehead atoms. The minimum Gasteiger partial charge on any atom is -0.406 e. The lowest BCUT2D eigenvalue weighted by atomic mass is 10.4. The van der Waals surface area contributed by atoms with Crippen LogP contribution in [0.25, 0.3) is 0 Å². The molecule has 0 saturated heterocycles. The summed E-state index contributed by atoms with van der Waals surface area (Å²) in [5, 5.41) is 0. The van der Waals surface area contributed by atoms with E-state index < -0.39 is 0 Å². The van der Waals surface area contributed by atoms with Crippen molar-refractivity contribution in [3.63, 3.8) is 0 Å². The highest BCUT2D eigenvalue weighted by Gasteiger charge is 1.91. The summed E-state index contributed by atoms with van der Waals surface area (Å²) in [5.74, 6) is 0.674. The normalized spacial score (nSPS) is 9.40. The molecule has 0 aliphatic heterocycles. The average molecular weight is 155 g/mol. The van der Waals surface area contributed by atoms with Gasteiger partial charge in [0.15, 0.2) is 0 Å². The number of pyridine rings is 1. The third kappa shape index (κ3) is 1.92. The minimum absolute atomic E-state index is 0.674. The molecular formula is C7H9NOS. The monoisotopic (exact) mass is 155 g/mol. The van der Waals surface area contributed by atoms with Crippen LogP contribution in [0.4, 0.5) is 0 Å². The van der Waals surface area contributed by atoms with Gasteiger partial charge in [-0.3, -0.25) is 0 Å². The van der Waals surface area contributed by atoms with Crippen molar-refractivity contribution in [1.82, 2.24) is 4.98 Å². The lowest BCUT2D eigenvalue weighted by Gasteiger charge is -1.98. The Bertz CT molecular complexity index is 215. The third-order valence-corrected chi connectivity index (χ3v) is 1.37. The summed E-state index contributed by atoms with van der Waals surface area (Å²) >= 11 is 1.30. The lowest BCUT2D eigenvalue weighted by molar-refractivity contribution is 0.617. The fraction of sp³-hybridized carbons (Fsp3) is 0.286. The van der Waals surface area contributed by atoms with Gasteiger partial charge in [-0.15, -0.1) is 0 Å². The molecule has 0 fully saturated rings. The Labute approximate surface area is 64.8 Å². The molecule has 0 unspecified atom stereocenters. The Kier molecular flexibility index (Phi) is 2.57. The quantitative estimate of drug-likeness (QED) is 0.610. The molecule has 1 aromatic rings. The van der Waals surface area contributed by atoms with E-state index in [9.17, 15) is 0 Å². The van der Waals surface area contributed by atoms with Gasteiger partial charge in [0.25, 0.3) is 0 Å². The van der Waals surface area contributed by atoms with Crippen molar-refractivity contribution < 1.29 is 4.18 Å². The largest absolute Gasteiger partial charge is 0.406 e. The van der Waals surface area contributed by atoms with Gasteiger partial charge in [0.05, 0.1) is 12.0 Å². The van der Waals surface area contributed by atoms with Crippen LogP contribution in [0.3, 0.4) is 0 Å². The van der Waals surface area contributed by atoms with Crippen molar-refractivity contribution in [3.8, 4) is 5.88 Å². The number of aryl methyl sites for hydroxylation is 1. The summed E-state index contributed by atoms with van der Waals surface area (Å²) in [4.78, 5) is 4.12. The molecule has 1 heterocycles. The smallest absolute Gasteiger partial charge is 0.228 e. The van der Waals surface area contributed by atoms with E-state index in [-0.39, 0.29) is 0 Å². The van der Waals surface area contributed by atoms with Gasteiger partial charge < -0.3 is 4.18 Å². The van der Waals surface area contributed by atoms with E-state index in [4.69, 9.17) is 4.18 Å². The first-order valence-electron chi connectivity index (χ1n) is 2.97. The summed E-state index contributed by atoms with van der Waals surface area (Å²) in [6, 6.07) is 5.70. The van der Waals surface area contributed by atoms with Gasteiger partial charge in [-0.25, -0.2) is 4.98 Å². The van der Waals surface area contributed by atoms with Crippen LogP contribution in [0.5, 0.6) is 5.88 Å². The van der Waals surface area contributed by atoms with Crippen molar-refractivity contribution >= 4 is 12.0 Å². The molecule has 0 radical (unpaired) electrons. The Morgan fingerprint density at radius 2 is 2.30 bits per heavy atom. The Hall–Kier alpha value is -0.700. The molecule has 0 amide bonds. The van der Waals surface area contributed by atoms with E-state index >= 15 is 0 Å². The van der Waals surface area contributed by atoms with Crippen molar-refractivity contribution in [2.24, 2.45) is 0 Å². The zero-order valence-corrected chi connectivity index (χ0v) is 6.81. The molecule has 1 aromatic heterocycles. The van der Waals surface area contributed by atoms with E-state index in [0.29, 0.717) is 5.88 Å². The van der Waals surface area contributed by atoms with Crippen molar-refractivity contribution in [2.75, 3.05) is 6.26 Å².